The molecule has 0 radical (unpaired) electrons. The molecule has 0 saturated heterocycles. The average molecular weight is 441 g/mol. The van der Waals surface area contributed by atoms with E-state index in [1.165, 1.54) is 26.4 Å². The molecular formula is C24H32N4O4. The Morgan fingerprint density at radius 2 is 1.69 bits per heavy atom. The van der Waals surface area contributed by atoms with Crippen LogP contribution in [0.15, 0.2) is 23.3 Å². The van der Waals surface area contributed by atoms with Crippen LogP contribution in [0.1, 0.15) is 57.4 Å². The monoisotopic (exact) mass is 440 g/mol. The lowest BCUT2D eigenvalue weighted by atomic mass is 9.53. The van der Waals surface area contributed by atoms with Crippen LogP contribution in [0.2, 0.25) is 0 Å². The molecule has 0 aromatic heterocycles. The molecule has 0 aliphatic heterocycles. The highest BCUT2D eigenvalue weighted by atomic mass is 16.5. The number of nitrogens with one attached hydrogen (secondary N) is 3. The van der Waals surface area contributed by atoms with Gasteiger partial charge in [-0.25, -0.2) is 5.43 Å². The van der Waals surface area contributed by atoms with Crippen LogP contribution in [0.5, 0.6) is 5.75 Å². The molecule has 8 heteroatoms. The minimum atomic E-state index is -0.908. The number of carbonyl (C=O) groups excluding carboxylic acids is 3. The summed E-state index contributed by atoms with van der Waals surface area (Å²) in [5.41, 5.74) is 3.95. The Balaban J connectivity index is 1.28. The second-order valence-electron chi connectivity index (χ2n) is 9.87. The third-order valence-electron chi connectivity index (χ3n) is 7.02. The molecule has 3 N–H and O–H groups in total. The Morgan fingerprint density at radius 1 is 1.06 bits per heavy atom. The Hall–Kier alpha value is -2.90. The van der Waals surface area contributed by atoms with Crippen molar-refractivity contribution in [2.45, 2.75) is 64.3 Å². The number of hydrogen-bond donors (Lipinski definition) is 3. The lowest BCUT2D eigenvalue weighted by molar-refractivity contribution is -0.136. The number of rotatable bonds is 6. The fourth-order valence-electron chi connectivity index (χ4n) is 6.17. The predicted octanol–water partition coefficient (Wildman–Crippen LogP) is 2.91. The number of anilines is 1. The molecule has 172 valence electrons. The zero-order valence-electron chi connectivity index (χ0n) is 19.0. The highest BCUT2D eigenvalue weighted by Gasteiger charge is 2.51. The molecule has 4 fully saturated rings. The summed E-state index contributed by atoms with van der Waals surface area (Å²) in [5.74, 6) is 0.871. The van der Waals surface area contributed by atoms with Gasteiger partial charge in [0.1, 0.15) is 5.75 Å². The van der Waals surface area contributed by atoms with Gasteiger partial charge in [0.15, 0.2) is 0 Å². The Bertz CT molecular complexity index is 920. The van der Waals surface area contributed by atoms with Crippen molar-refractivity contribution in [3.05, 3.63) is 23.8 Å². The van der Waals surface area contributed by atoms with Crippen LogP contribution in [0.25, 0.3) is 0 Å². The van der Waals surface area contributed by atoms with E-state index in [0.717, 1.165) is 42.6 Å². The molecule has 3 amide bonds. The molecule has 4 aliphatic rings. The maximum Gasteiger partial charge on any atom is 0.329 e. The smallest absolute Gasteiger partial charge is 0.329 e. The van der Waals surface area contributed by atoms with E-state index >= 15 is 0 Å². The van der Waals surface area contributed by atoms with Gasteiger partial charge in [-0.15, -0.1) is 0 Å². The predicted molar refractivity (Wildman–Crippen MR) is 121 cm³/mol. The summed E-state index contributed by atoms with van der Waals surface area (Å²) >= 11 is 0. The van der Waals surface area contributed by atoms with Gasteiger partial charge in [0.25, 0.3) is 0 Å². The number of ether oxygens (including phenoxy) is 1. The number of hydrogen-bond acceptors (Lipinski definition) is 5. The van der Waals surface area contributed by atoms with Gasteiger partial charge in [-0.1, -0.05) is 6.07 Å². The van der Waals surface area contributed by atoms with Gasteiger partial charge in [0.2, 0.25) is 5.91 Å². The number of benzene rings is 1. The van der Waals surface area contributed by atoms with Gasteiger partial charge in [-0.2, -0.15) is 5.10 Å². The van der Waals surface area contributed by atoms with Gasteiger partial charge in [0.05, 0.1) is 19.2 Å². The van der Waals surface area contributed by atoms with Gasteiger partial charge in [-0.05, 0) is 87.8 Å². The first-order valence-electron chi connectivity index (χ1n) is 11.4. The maximum atomic E-state index is 12.7. The molecule has 1 aromatic carbocycles. The summed E-state index contributed by atoms with van der Waals surface area (Å²) in [7, 11) is 1.49. The largest absolute Gasteiger partial charge is 0.495 e. The van der Waals surface area contributed by atoms with Crippen molar-refractivity contribution in [1.29, 1.82) is 0 Å². The van der Waals surface area contributed by atoms with E-state index < -0.39 is 11.8 Å². The minimum Gasteiger partial charge on any atom is -0.495 e. The SMILES string of the molecule is COc1ccc(C)cc1NC(=O)C(=O)N/N=C(\C)CC(=O)NC12CC3CC(CC(C3)C1)C2. The van der Waals surface area contributed by atoms with E-state index in [2.05, 4.69) is 21.2 Å². The summed E-state index contributed by atoms with van der Waals surface area (Å²) in [6.07, 6.45) is 7.30. The van der Waals surface area contributed by atoms with Gasteiger partial charge >= 0.3 is 11.8 Å². The van der Waals surface area contributed by atoms with Crippen LogP contribution in [0, 0.1) is 24.7 Å². The quantitative estimate of drug-likeness (QED) is 0.359. The molecule has 0 spiro atoms. The Morgan fingerprint density at radius 3 is 2.28 bits per heavy atom. The summed E-state index contributed by atoms with van der Waals surface area (Å²) in [4.78, 5) is 37.0. The molecule has 4 aliphatic carbocycles. The van der Waals surface area contributed by atoms with Gasteiger partial charge in [-0.3, -0.25) is 14.4 Å². The van der Waals surface area contributed by atoms with Crippen molar-refractivity contribution in [2.24, 2.45) is 22.9 Å². The normalized spacial score (nSPS) is 28.2. The molecule has 0 unspecified atom stereocenters. The molecule has 5 rings (SSSR count). The zero-order valence-corrected chi connectivity index (χ0v) is 19.0. The fraction of sp³-hybridized carbons (Fsp3) is 0.583. The van der Waals surface area contributed by atoms with E-state index in [-0.39, 0.29) is 17.9 Å². The molecular weight excluding hydrogens is 408 g/mol. The van der Waals surface area contributed by atoms with Crippen LogP contribution in [-0.2, 0) is 14.4 Å². The fourth-order valence-corrected chi connectivity index (χ4v) is 6.17. The van der Waals surface area contributed by atoms with Crippen LogP contribution in [0.3, 0.4) is 0 Å². The maximum absolute atomic E-state index is 12.7. The van der Waals surface area contributed by atoms with Crippen LogP contribution >= 0.6 is 0 Å². The number of hydrazone groups is 1. The number of amides is 3. The molecule has 8 nitrogen and oxygen atoms in total. The van der Waals surface area contributed by atoms with Gasteiger partial charge in [0, 0.05) is 11.3 Å². The van der Waals surface area contributed by atoms with Crippen molar-refractivity contribution < 1.29 is 19.1 Å². The summed E-state index contributed by atoms with van der Waals surface area (Å²) in [6.45, 7) is 3.54. The van der Waals surface area contributed by atoms with Crippen molar-refractivity contribution in [3.63, 3.8) is 0 Å². The molecule has 0 atom stereocenters. The zero-order chi connectivity index (χ0) is 22.9. The molecule has 32 heavy (non-hydrogen) atoms. The van der Waals surface area contributed by atoms with Crippen LogP contribution < -0.4 is 20.8 Å². The Labute approximate surface area is 188 Å². The highest BCUT2D eigenvalue weighted by molar-refractivity contribution is 6.39. The lowest BCUT2D eigenvalue weighted by Gasteiger charge is -2.56. The number of nitrogens with zero attached hydrogens (tertiary/aromatic N) is 1. The van der Waals surface area contributed by atoms with Crippen molar-refractivity contribution in [2.75, 3.05) is 12.4 Å². The molecule has 0 heterocycles. The molecule has 4 bridgehead atoms. The summed E-state index contributed by atoms with van der Waals surface area (Å²) < 4.78 is 5.20. The number of methoxy groups -OCH3 is 1. The topological polar surface area (TPSA) is 109 Å². The van der Waals surface area contributed by atoms with E-state index in [0.29, 0.717) is 17.1 Å². The van der Waals surface area contributed by atoms with Gasteiger partial charge < -0.3 is 15.4 Å². The lowest BCUT2D eigenvalue weighted by Crippen LogP contribution is -2.60. The minimum absolute atomic E-state index is 0.0535. The summed E-state index contributed by atoms with van der Waals surface area (Å²) in [5, 5.41) is 9.76. The Kier molecular flexibility index (Phi) is 6.22. The molecule has 4 saturated carbocycles. The number of aryl methyl sites for hydroxylation is 1. The second kappa shape index (κ2) is 8.92. The van der Waals surface area contributed by atoms with Crippen molar-refractivity contribution in [3.8, 4) is 5.75 Å². The number of carbonyl (C=O) groups is 3. The first kappa shape index (κ1) is 22.3. The van der Waals surface area contributed by atoms with Crippen molar-refractivity contribution >= 4 is 29.1 Å². The van der Waals surface area contributed by atoms with E-state index in [1.54, 1.807) is 19.1 Å². The van der Waals surface area contributed by atoms with Crippen LogP contribution in [0.4, 0.5) is 5.69 Å². The first-order chi connectivity index (χ1) is 15.2. The molecule has 1 aromatic rings. The second-order valence-corrected chi connectivity index (χ2v) is 9.87. The van der Waals surface area contributed by atoms with Crippen LogP contribution in [-0.4, -0.2) is 36.1 Å². The third kappa shape index (κ3) is 4.95. The van der Waals surface area contributed by atoms with E-state index in [4.69, 9.17) is 4.74 Å². The average Bonchev–Trinajstić information content (AvgIpc) is 2.70. The third-order valence-corrected chi connectivity index (χ3v) is 7.02. The standard InChI is InChI=1S/C24H32N4O4/c1-14-4-5-20(32-3)19(6-14)25-22(30)23(31)28-27-15(2)7-21(29)26-24-11-16-8-17(12-24)10-18(9-16)13-24/h4-6,16-18H,7-13H2,1-3H3,(H,25,30)(H,26,29)(H,28,31)/b27-15+. The summed E-state index contributed by atoms with van der Waals surface area (Å²) in [6, 6.07) is 5.28. The highest BCUT2D eigenvalue weighted by Crippen LogP contribution is 2.55. The van der Waals surface area contributed by atoms with Crippen molar-refractivity contribution in [1.82, 2.24) is 10.7 Å². The van der Waals surface area contributed by atoms with E-state index in [9.17, 15) is 14.4 Å². The van der Waals surface area contributed by atoms with E-state index in [1.807, 2.05) is 13.0 Å². The first-order valence-corrected chi connectivity index (χ1v) is 11.4.